The average molecular weight is 242 g/mol. The van der Waals surface area contributed by atoms with Gasteiger partial charge in [0.1, 0.15) is 29.4 Å². The summed E-state index contributed by atoms with van der Waals surface area (Å²) in [4.78, 5) is 10.6. The summed E-state index contributed by atoms with van der Waals surface area (Å²) in [5.41, 5.74) is 3.52. The van der Waals surface area contributed by atoms with Gasteiger partial charge in [-0.05, 0) is 17.7 Å². The normalized spacial score (nSPS) is 13.8. The number of primary amides is 1. The van der Waals surface area contributed by atoms with Gasteiger partial charge in [-0.3, -0.25) is 4.79 Å². The summed E-state index contributed by atoms with van der Waals surface area (Å²) in [6.07, 6.45) is -3.84. The molecule has 0 saturated carbocycles. The molecule has 90 valence electrons. The Balaban J connectivity index is 3.18. The van der Waals surface area contributed by atoms with Crippen molar-refractivity contribution >= 4 is 5.91 Å². The number of nitriles is 1. The molecule has 0 spiro atoms. The van der Waals surface area contributed by atoms with Crippen LogP contribution >= 0.6 is 0 Å². The molecule has 5 nitrogen and oxygen atoms in total. The number of amides is 1. The highest BCUT2D eigenvalue weighted by Gasteiger charge is 2.25. The molecule has 1 aromatic rings. The highest BCUT2D eigenvalue weighted by molar-refractivity contribution is 5.79. The molecule has 0 aliphatic carbocycles. The number of rotatable bonds is 3. The molecular formula is C10H8F2N2O3. The van der Waals surface area contributed by atoms with Gasteiger partial charge in [0.25, 0.3) is 0 Å². The zero-order valence-corrected chi connectivity index (χ0v) is 8.39. The van der Waals surface area contributed by atoms with Gasteiger partial charge in [0.15, 0.2) is 6.10 Å². The van der Waals surface area contributed by atoms with E-state index in [0.717, 1.165) is 0 Å². The van der Waals surface area contributed by atoms with Crippen LogP contribution in [0.1, 0.15) is 17.2 Å². The summed E-state index contributed by atoms with van der Waals surface area (Å²) < 4.78 is 26.3. The van der Waals surface area contributed by atoms with Gasteiger partial charge in [-0.15, -0.1) is 0 Å². The molecule has 0 fully saturated rings. The standard InChI is InChI=1S/C10H8F2N2O3/c11-6-1-4(2-7(12)5(6)3-13)8(15)9(16)10(14)17/h1-2,8-9,15-16H,(H2,14,17). The van der Waals surface area contributed by atoms with Gasteiger partial charge in [-0.25, -0.2) is 8.78 Å². The van der Waals surface area contributed by atoms with Crippen molar-refractivity contribution in [2.75, 3.05) is 0 Å². The van der Waals surface area contributed by atoms with Crippen molar-refractivity contribution in [2.45, 2.75) is 12.2 Å². The minimum atomic E-state index is -1.98. The number of hydrogen-bond donors (Lipinski definition) is 3. The minimum absolute atomic E-state index is 0.384. The van der Waals surface area contributed by atoms with Crippen LogP contribution in [-0.2, 0) is 4.79 Å². The predicted octanol–water partition coefficient (Wildman–Crippen LogP) is -0.284. The molecule has 17 heavy (non-hydrogen) atoms. The fraction of sp³-hybridized carbons (Fsp3) is 0.200. The van der Waals surface area contributed by atoms with Gasteiger partial charge in [-0.1, -0.05) is 0 Å². The SMILES string of the molecule is N#Cc1c(F)cc(C(O)C(O)C(N)=O)cc1F. The van der Waals surface area contributed by atoms with E-state index in [1.807, 2.05) is 0 Å². The van der Waals surface area contributed by atoms with E-state index in [9.17, 15) is 18.7 Å². The fourth-order valence-electron chi connectivity index (χ4n) is 1.21. The van der Waals surface area contributed by atoms with E-state index in [1.54, 1.807) is 0 Å². The maximum absolute atomic E-state index is 13.2. The van der Waals surface area contributed by atoms with Crippen LogP contribution in [-0.4, -0.2) is 22.2 Å². The highest BCUT2D eigenvalue weighted by Crippen LogP contribution is 2.22. The summed E-state index contributed by atoms with van der Waals surface area (Å²) in [6, 6.07) is 2.60. The summed E-state index contributed by atoms with van der Waals surface area (Å²) >= 11 is 0. The van der Waals surface area contributed by atoms with Crippen LogP contribution in [0.3, 0.4) is 0 Å². The van der Waals surface area contributed by atoms with Crippen LogP contribution < -0.4 is 5.73 Å². The summed E-state index contributed by atoms with van der Waals surface area (Å²) in [7, 11) is 0. The first-order chi connectivity index (χ1) is 7.88. The molecule has 1 amide bonds. The zero-order chi connectivity index (χ0) is 13.2. The number of carbonyl (C=O) groups excluding carboxylic acids is 1. The molecule has 7 heteroatoms. The topological polar surface area (TPSA) is 107 Å². The van der Waals surface area contributed by atoms with Crippen LogP contribution in [0.2, 0.25) is 0 Å². The molecule has 1 aromatic carbocycles. The number of halogens is 2. The minimum Gasteiger partial charge on any atom is -0.385 e. The Morgan fingerprint density at radius 1 is 1.35 bits per heavy atom. The smallest absolute Gasteiger partial charge is 0.249 e. The highest BCUT2D eigenvalue weighted by atomic mass is 19.1. The molecule has 0 aromatic heterocycles. The first kappa shape index (κ1) is 13.0. The predicted molar refractivity (Wildman–Crippen MR) is 51.2 cm³/mol. The molecule has 0 saturated heterocycles. The molecule has 2 unspecified atom stereocenters. The molecule has 0 aliphatic rings. The third-order valence-electron chi connectivity index (χ3n) is 2.11. The Labute approximate surface area is 94.7 Å². The second-order valence-electron chi connectivity index (χ2n) is 3.26. The maximum Gasteiger partial charge on any atom is 0.249 e. The Kier molecular flexibility index (Phi) is 3.73. The third-order valence-corrected chi connectivity index (χ3v) is 2.11. The van der Waals surface area contributed by atoms with E-state index >= 15 is 0 Å². The van der Waals surface area contributed by atoms with Crippen molar-refractivity contribution in [1.29, 1.82) is 5.26 Å². The Morgan fingerprint density at radius 2 is 1.82 bits per heavy atom. The van der Waals surface area contributed by atoms with Crippen LogP contribution in [0, 0.1) is 23.0 Å². The second-order valence-corrected chi connectivity index (χ2v) is 3.26. The lowest BCUT2D eigenvalue weighted by atomic mass is 10.0. The number of carbonyl (C=O) groups is 1. The van der Waals surface area contributed by atoms with Crippen molar-refractivity contribution in [3.05, 3.63) is 34.9 Å². The number of aliphatic hydroxyl groups excluding tert-OH is 2. The van der Waals surface area contributed by atoms with Crippen LogP contribution in [0.25, 0.3) is 0 Å². The lowest BCUT2D eigenvalue weighted by molar-refractivity contribution is -0.132. The number of nitrogens with zero attached hydrogens (tertiary/aromatic N) is 1. The van der Waals surface area contributed by atoms with Crippen molar-refractivity contribution in [2.24, 2.45) is 5.73 Å². The van der Waals surface area contributed by atoms with Gasteiger partial charge < -0.3 is 15.9 Å². The number of nitrogens with two attached hydrogens (primary N) is 1. The summed E-state index contributed by atoms with van der Waals surface area (Å²) in [6.45, 7) is 0. The van der Waals surface area contributed by atoms with Gasteiger partial charge in [0.05, 0.1) is 0 Å². The molecule has 0 radical (unpaired) electrons. The fourth-order valence-corrected chi connectivity index (χ4v) is 1.21. The van der Waals surface area contributed by atoms with E-state index < -0.39 is 35.3 Å². The lowest BCUT2D eigenvalue weighted by Crippen LogP contribution is -2.34. The molecule has 0 aliphatic heterocycles. The largest absolute Gasteiger partial charge is 0.385 e. The number of benzene rings is 1. The first-order valence-electron chi connectivity index (χ1n) is 4.43. The second kappa shape index (κ2) is 4.86. The molecule has 0 heterocycles. The average Bonchev–Trinajstić information content (AvgIpc) is 2.26. The van der Waals surface area contributed by atoms with E-state index in [4.69, 9.17) is 16.1 Å². The monoisotopic (exact) mass is 242 g/mol. The molecule has 2 atom stereocenters. The zero-order valence-electron chi connectivity index (χ0n) is 8.39. The Hall–Kier alpha value is -2.04. The van der Waals surface area contributed by atoms with E-state index in [0.29, 0.717) is 12.1 Å². The number of aliphatic hydroxyl groups is 2. The van der Waals surface area contributed by atoms with Crippen LogP contribution in [0.15, 0.2) is 12.1 Å². The van der Waals surface area contributed by atoms with Crippen molar-refractivity contribution < 1.29 is 23.8 Å². The third kappa shape index (κ3) is 2.55. The molecule has 0 bridgehead atoms. The molecular weight excluding hydrogens is 234 g/mol. The molecule has 1 rings (SSSR count). The Bertz CT molecular complexity index is 476. The van der Waals surface area contributed by atoms with Gasteiger partial charge in [0, 0.05) is 0 Å². The summed E-state index contributed by atoms with van der Waals surface area (Å²) in [5, 5.41) is 26.9. The van der Waals surface area contributed by atoms with Crippen molar-refractivity contribution in [1.82, 2.24) is 0 Å². The quantitative estimate of drug-likeness (QED) is 0.677. The van der Waals surface area contributed by atoms with Gasteiger partial charge in [0.2, 0.25) is 5.91 Å². The van der Waals surface area contributed by atoms with E-state index in [-0.39, 0.29) is 5.56 Å². The van der Waals surface area contributed by atoms with Gasteiger partial charge >= 0.3 is 0 Å². The Morgan fingerprint density at radius 3 is 2.18 bits per heavy atom. The number of hydrogen-bond acceptors (Lipinski definition) is 4. The van der Waals surface area contributed by atoms with Crippen LogP contribution in [0.5, 0.6) is 0 Å². The summed E-state index contributed by atoms with van der Waals surface area (Å²) in [5.74, 6) is -3.63. The van der Waals surface area contributed by atoms with Crippen molar-refractivity contribution in [3.8, 4) is 6.07 Å². The van der Waals surface area contributed by atoms with Crippen molar-refractivity contribution in [3.63, 3.8) is 0 Å². The first-order valence-corrected chi connectivity index (χ1v) is 4.43. The van der Waals surface area contributed by atoms with E-state index in [1.165, 1.54) is 6.07 Å². The van der Waals surface area contributed by atoms with Gasteiger partial charge in [-0.2, -0.15) is 5.26 Å². The lowest BCUT2D eigenvalue weighted by Gasteiger charge is -2.15. The van der Waals surface area contributed by atoms with E-state index in [2.05, 4.69) is 0 Å². The van der Waals surface area contributed by atoms with Crippen LogP contribution in [0.4, 0.5) is 8.78 Å². The maximum atomic E-state index is 13.2. The molecule has 4 N–H and O–H groups in total.